The summed E-state index contributed by atoms with van der Waals surface area (Å²) in [7, 11) is 0. The zero-order valence-corrected chi connectivity index (χ0v) is 15.8. The van der Waals surface area contributed by atoms with Crippen molar-refractivity contribution in [3.8, 4) is 11.5 Å². The summed E-state index contributed by atoms with van der Waals surface area (Å²) in [6.07, 6.45) is 0.844. The average Bonchev–Trinajstić information content (AvgIpc) is 3.25. The average molecular weight is 393 g/mol. The van der Waals surface area contributed by atoms with Crippen molar-refractivity contribution in [1.82, 2.24) is 10.5 Å². The highest BCUT2D eigenvalue weighted by Crippen LogP contribution is 2.35. The minimum absolute atomic E-state index is 0.0705. The molecule has 0 aliphatic carbocycles. The number of hydrogen-bond donors (Lipinski definition) is 1. The van der Waals surface area contributed by atoms with Crippen molar-refractivity contribution < 1.29 is 23.5 Å². The van der Waals surface area contributed by atoms with Crippen molar-refractivity contribution in [1.29, 1.82) is 0 Å². The van der Waals surface area contributed by atoms with Crippen LogP contribution in [0.3, 0.4) is 0 Å². The second kappa shape index (κ2) is 7.78. The van der Waals surface area contributed by atoms with Crippen LogP contribution in [0, 0.1) is 12.8 Å². The zero-order valence-electron chi connectivity index (χ0n) is 15.0. The van der Waals surface area contributed by atoms with E-state index in [4.69, 9.17) is 30.3 Å². The van der Waals surface area contributed by atoms with Gasteiger partial charge in [0.05, 0.1) is 31.4 Å². The summed E-state index contributed by atoms with van der Waals surface area (Å²) in [4.78, 5) is 12.6. The number of nitrogens with one attached hydrogen (secondary N) is 1. The lowest BCUT2D eigenvalue weighted by Gasteiger charge is -2.21. The molecule has 27 heavy (non-hydrogen) atoms. The number of aryl methyl sites for hydroxylation is 1. The number of hydrogen-bond acceptors (Lipinski definition) is 6. The molecule has 0 bridgehead atoms. The highest BCUT2D eigenvalue weighted by Gasteiger charge is 2.31. The summed E-state index contributed by atoms with van der Waals surface area (Å²) < 4.78 is 21.9. The molecule has 1 N–H and O–H groups in total. The molecule has 2 aliphatic rings. The Kier molecular flexibility index (Phi) is 5.22. The van der Waals surface area contributed by atoms with Gasteiger partial charge in [-0.25, -0.2) is 0 Å². The monoisotopic (exact) mass is 392 g/mol. The maximum atomic E-state index is 12.6. The molecule has 1 saturated heterocycles. The number of halogens is 1. The lowest BCUT2D eigenvalue weighted by Crippen LogP contribution is -2.41. The molecule has 1 fully saturated rings. The molecular formula is C19H21ClN2O5. The third-order valence-electron chi connectivity index (χ3n) is 4.75. The van der Waals surface area contributed by atoms with Crippen LogP contribution in [0.2, 0.25) is 5.02 Å². The van der Waals surface area contributed by atoms with Crippen LogP contribution in [0.4, 0.5) is 0 Å². The van der Waals surface area contributed by atoms with Gasteiger partial charge >= 0.3 is 0 Å². The molecule has 2 aromatic rings. The lowest BCUT2D eigenvalue weighted by molar-refractivity contribution is -0.121. The number of benzene rings is 1. The summed E-state index contributed by atoms with van der Waals surface area (Å²) >= 11 is 6.30. The van der Waals surface area contributed by atoms with Crippen LogP contribution in [0.25, 0.3) is 0 Å². The van der Waals surface area contributed by atoms with E-state index in [0.717, 1.165) is 11.5 Å². The van der Waals surface area contributed by atoms with Crippen molar-refractivity contribution in [3.05, 3.63) is 40.2 Å². The van der Waals surface area contributed by atoms with Crippen molar-refractivity contribution in [2.75, 3.05) is 26.4 Å². The van der Waals surface area contributed by atoms with Crippen molar-refractivity contribution in [2.24, 2.45) is 5.92 Å². The second-order valence-electron chi connectivity index (χ2n) is 6.87. The van der Waals surface area contributed by atoms with Crippen LogP contribution in [-0.2, 0) is 22.4 Å². The Hall–Kier alpha value is -2.25. The Morgan fingerprint density at radius 2 is 2.00 bits per heavy atom. The van der Waals surface area contributed by atoms with Gasteiger partial charge in [-0.05, 0) is 18.6 Å². The van der Waals surface area contributed by atoms with Crippen molar-refractivity contribution in [2.45, 2.75) is 25.8 Å². The third-order valence-corrected chi connectivity index (χ3v) is 5.10. The highest BCUT2D eigenvalue weighted by molar-refractivity contribution is 6.31. The summed E-state index contributed by atoms with van der Waals surface area (Å²) in [5.74, 6) is 2.08. The van der Waals surface area contributed by atoms with Crippen LogP contribution in [-0.4, -0.2) is 43.5 Å². The van der Waals surface area contributed by atoms with Gasteiger partial charge in [-0.3, -0.25) is 4.79 Å². The summed E-state index contributed by atoms with van der Waals surface area (Å²) in [6, 6.07) is 5.31. The Bertz CT molecular complexity index is 838. The normalized spacial score (nSPS) is 21.3. The Morgan fingerprint density at radius 1 is 1.22 bits per heavy atom. The summed E-state index contributed by atoms with van der Waals surface area (Å²) in [6.45, 7) is 3.93. The van der Waals surface area contributed by atoms with Gasteiger partial charge in [0.25, 0.3) is 0 Å². The van der Waals surface area contributed by atoms with Crippen molar-refractivity contribution in [3.63, 3.8) is 0 Å². The number of amides is 1. The van der Waals surface area contributed by atoms with E-state index < -0.39 is 0 Å². The molecule has 1 aromatic carbocycles. The van der Waals surface area contributed by atoms with Crippen molar-refractivity contribution >= 4 is 17.5 Å². The van der Waals surface area contributed by atoms with E-state index in [-0.39, 0.29) is 24.3 Å². The van der Waals surface area contributed by atoms with E-state index in [2.05, 4.69) is 10.5 Å². The zero-order chi connectivity index (χ0) is 18.8. The molecular weight excluding hydrogens is 372 g/mol. The number of nitrogens with zero attached hydrogens (tertiary/aromatic N) is 1. The standard InChI is InChI=1S/C19H21ClN2O5/c1-11-4-14(27-22-11)5-13-9-24-10-16(13)21-19(23)7-12-6-17-18(8-15(12)20)26-3-2-25-17/h4,6,8,13,16H,2-3,5,7,9-10H2,1H3,(H,21,23). The molecule has 8 heteroatoms. The fourth-order valence-electron chi connectivity index (χ4n) is 3.40. The molecule has 3 heterocycles. The molecule has 0 saturated carbocycles. The van der Waals surface area contributed by atoms with Gasteiger partial charge in [0.15, 0.2) is 11.5 Å². The number of carbonyl (C=O) groups excluding carboxylic acids is 1. The quantitative estimate of drug-likeness (QED) is 0.840. The molecule has 0 spiro atoms. The maximum absolute atomic E-state index is 12.6. The molecule has 2 atom stereocenters. The maximum Gasteiger partial charge on any atom is 0.224 e. The number of fused-ring (bicyclic) bond motifs is 1. The van der Waals surface area contributed by atoms with Gasteiger partial charge in [0.1, 0.15) is 19.0 Å². The first kappa shape index (κ1) is 18.1. The van der Waals surface area contributed by atoms with Gasteiger partial charge in [0.2, 0.25) is 5.91 Å². The number of carbonyl (C=O) groups is 1. The lowest BCUT2D eigenvalue weighted by atomic mass is 9.98. The topological polar surface area (TPSA) is 82.8 Å². The molecule has 144 valence electrons. The van der Waals surface area contributed by atoms with Gasteiger partial charge in [-0.2, -0.15) is 0 Å². The van der Waals surface area contributed by atoms with E-state index in [1.165, 1.54) is 0 Å². The molecule has 1 amide bonds. The van der Waals surface area contributed by atoms with Crippen LogP contribution >= 0.6 is 11.6 Å². The summed E-state index contributed by atoms with van der Waals surface area (Å²) in [5.41, 5.74) is 1.55. The molecule has 7 nitrogen and oxygen atoms in total. The molecule has 4 rings (SSSR count). The first-order chi connectivity index (χ1) is 13.1. The van der Waals surface area contributed by atoms with E-state index in [1.54, 1.807) is 12.1 Å². The molecule has 1 aromatic heterocycles. The Labute approximate surface area is 161 Å². The van der Waals surface area contributed by atoms with E-state index >= 15 is 0 Å². The smallest absolute Gasteiger partial charge is 0.224 e. The second-order valence-corrected chi connectivity index (χ2v) is 7.28. The molecule has 2 aliphatic heterocycles. The predicted molar refractivity (Wildman–Crippen MR) is 97.3 cm³/mol. The highest BCUT2D eigenvalue weighted by atomic mass is 35.5. The fraction of sp³-hybridized carbons (Fsp3) is 0.474. The van der Waals surface area contributed by atoms with Crippen LogP contribution in [0.15, 0.2) is 22.7 Å². The van der Waals surface area contributed by atoms with Gasteiger partial charge < -0.3 is 24.1 Å². The van der Waals surface area contributed by atoms with Crippen LogP contribution in [0.1, 0.15) is 17.0 Å². The Balaban J connectivity index is 1.38. The largest absolute Gasteiger partial charge is 0.486 e. The number of ether oxygens (including phenoxy) is 3. The van der Waals surface area contributed by atoms with Crippen LogP contribution in [0.5, 0.6) is 11.5 Å². The fourth-order valence-corrected chi connectivity index (χ4v) is 3.62. The first-order valence-corrected chi connectivity index (χ1v) is 9.33. The van der Waals surface area contributed by atoms with Gasteiger partial charge in [-0.15, -0.1) is 0 Å². The van der Waals surface area contributed by atoms with E-state index in [9.17, 15) is 4.79 Å². The first-order valence-electron chi connectivity index (χ1n) is 8.96. The number of rotatable bonds is 5. The Morgan fingerprint density at radius 3 is 2.74 bits per heavy atom. The SMILES string of the molecule is Cc1cc(CC2COCC2NC(=O)Cc2cc3c(cc2Cl)OCCO3)on1. The minimum atomic E-state index is -0.108. The molecule has 0 radical (unpaired) electrons. The number of aromatic nitrogens is 1. The predicted octanol–water partition coefficient (Wildman–Crippen LogP) is 2.32. The summed E-state index contributed by atoms with van der Waals surface area (Å²) in [5, 5.41) is 7.45. The minimum Gasteiger partial charge on any atom is -0.486 e. The van der Waals surface area contributed by atoms with Crippen LogP contribution < -0.4 is 14.8 Å². The third kappa shape index (κ3) is 4.20. The van der Waals surface area contributed by atoms with Gasteiger partial charge in [-0.1, -0.05) is 16.8 Å². The van der Waals surface area contributed by atoms with Gasteiger partial charge in [0, 0.05) is 29.5 Å². The van der Waals surface area contributed by atoms with E-state index in [0.29, 0.717) is 54.9 Å². The van der Waals surface area contributed by atoms with E-state index in [1.807, 2.05) is 13.0 Å². The molecule has 2 unspecified atom stereocenters.